The molecule has 1 amide bonds. The standard InChI is InChI=1S/C14H14BrClN2O2.C2H6N2O/c1-18(17)13-4-2-3-12(16)10(13)8-20-14-6-5-9(19)7-11(14)15;1-4(3)2-5/h2-7,19H,8,17H2,1H3;2H,3H2,1H3. The van der Waals surface area contributed by atoms with Gasteiger partial charge in [-0.05, 0) is 46.3 Å². The largest absolute Gasteiger partial charge is 0.508 e. The zero-order chi connectivity index (χ0) is 19.0. The fraction of sp³-hybridized carbons (Fsp3) is 0.188. The second kappa shape index (κ2) is 10.1. The predicted octanol–water partition coefficient (Wildman–Crippen LogP) is 2.65. The minimum atomic E-state index is 0.171. The van der Waals surface area contributed by atoms with Crippen molar-refractivity contribution in [3.8, 4) is 11.5 Å². The predicted molar refractivity (Wildman–Crippen MR) is 102 cm³/mol. The average molecular weight is 432 g/mol. The van der Waals surface area contributed by atoms with Gasteiger partial charge in [0.25, 0.3) is 0 Å². The molecule has 0 aliphatic rings. The maximum Gasteiger partial charge on any atom is 0.223 e. The average Bonchev–Trinajstić information content (AvgIpc) is 2.55. The molecule has 2 rings (SSSR count). The quantitative estimate of drug-likeness (QED) is 0.291. The second-order valence-electron chi connectivity index (χ2n) is 5.02. The number of hydrogen-bond acceptors (Lipinski definition) is 6. The van der Waals surface area contributed by atoms with Gasteiger partial charge in [0, 0.05) is 24.7 Å². The van der Waals surface area contributed by atoms with Crippen molar-refractivity contribution in [2.75, 3.05) is 19.1 Å². The van der Waals surface area contributed by atoms with Crippen LogP contribution in [0.25, 0.3) is 0 Å². The maximum absolute atomic E-state index is 9.35. The normalized spacial score (nSPS) is 9.68. The summed E-state index contributed by atoms with van der Waals surface area (Å²) in [7, 11) is 3.21. The molecule has 9 heteroatoms. The highest BCUT2D eigenvalue weighted by Crippen LogP contribution is 2.31. The molecule has 0 atom stereocenters. The number of carbonyl (C=O) groups excluding carboxylic acids is 1. The van der Waals surface area contributed by atoms with Gasteiger partial charge >= 0.3 is 0 Å². The minimum absolute atomic E-state index is 0.171. The lowest BCUT2D eigenvalue weighted by Crippen LogP contribution is -2.26. The third-order valence-electron chi connectivity index (χ3n) is 2.93. The van der Waals surface area contributed by atoms with Crippen LogP contribution in [-0.4, -0.2) is 30.6 Å². The van der Waals surface area contributed by atoms with E-state index in [1.165, 1.54) is 12.1 Å². The summed E-state index contributed by atoms with van der Waals surface area (Å²) in [5.41, 5.74) is 1.60. The Morgan fingerprint density at radius 2 is 1.92 bits per heavy atom. The number of nitrogens with zero attached hydrogens (tertiary/aromatic N) is 2. The monoisotopic (exact) mass is 430 g/mol. The topological polar surface area (TPSA) is 105 Å². The molecule has 7 nitrogen and oxygen atoms in total. The Hall–Kier alpha value is -2.00. The minimum Gasteiger partial charge on any atom is -0.508 e. The Morgan fingerprint density at radius 1 is 1.28 bits per heavy atom. The third-order valence-corrected chi connectivity index (χ3v) is 3.90. The number of anilines is 1. The first-order valence-corrected chi connectivity index (χ1v) is 8.23. The number of hydrogen-bond donors (Lipinski definition) is 3. The summed E-state index contributed by atoms with van der Waals surface area (Å²) in [5, 5.41) is 12.4. The molecule has 0 radical (unpaired) electrons. The van der Waals surface area contributed by atoms with Gasteiger partial charge in [-0.1, -0.05) is 17.7 Å². The van der Waals surface area contributed by atoms with Crippen molar-refractivity contribution in [2.45, 2.75) is 6.61 Å². The van der Waals surface area contributed by atoms with Crippen LogP contribution in [0, 0.1) is 0 Å². The number of benzene rings is 2. The van der Waals surface area contributed by atoms with E-state index in [1.807, 2.05) is 12.1 Å². The van der Waals surface area contributed by atoms with Crippen LogP contribution in [-0.2, 0) is 11.4 Å². The Kier molecular flexibility index (Phi) is 8.50. The first-order chi connectivity index (χ1) is 11.8. The lowest BCUT2D eigenvalue weighted by atomic mass is 10.2. The summed E-state index contributed by atoms with van der Waals surface area (Å²) in [6.45, 7) is 0.278. The number of nitrogens with two attached hydrogens (primary N) is 2. The van der Waals surface area contributed by atoms with Crippen LogP contribution in [0.15, 0.2) is 40.9 Å². The van der Waals surface area contributed by atoms with Crippen molar-refractivity contribution in [3.63, 3.8) is 0 Å². The molecule has 25 heavy (non-hydrogen) atoms. The SMILES string of the molecule is CN(N)C=O.CN(N)c1cccc(Cl)c1COc1ccc(O)cc1Br. The number of phenols is 1. The second-order valence-corrected chi connectivity index (χ2v) is 6.28. The van der Waals surface area contributed by atoms with Crippen LogP contribution in [0.3, 0.4) is 0 Å². The Morgan fingerprint density at radius 3 is 2.44 bits per heavy atom. The van der Waals surface area contributed by atoms with Crippen LogP contribution in [0.1, 0.15) is 5.56 Å². The van der Waals surface area contributed by atoms with Gasteiger partial charge in [0.2, 0.25) is 6.41 Å². The van der Waals surface area contributed by atoms with Gasteiger partial charge < -0.3 is 14.9 Å². The van der Waals surface area contributed by atoms with Gasteiger partial charge in [0.1, 0.15) is 18.1 Å². The Bertz CT molecular complexity index is 714. The van der Waals surface area contributed by atoms with Crippen LogP contribution in [0.5, 0.6) is 11.5 Å². The van der Waals surface area contributed by atoms with Crippen molar-refractivity contribution in [2.24, 2.45) is 11.7 Å². The van der Waals surface area contributed by atoms with Gasteiger partial charge in [-0.25, -0.2) is 11.7 Å². The molecule has 0 bridgehead atoms. The Labute approximate surface area is 159 Å². The molecule has 0 aromatic heterocycles. The van der Waals surface area contributed by atoms with Gasteiger partial charge in [-0.3, -0.25) is 9.80 Å². The smallest absolute Gasteiger partial charge is 0.223 e. The van der Waals surface area contributed by atoms with E-state index in [-0.39, 0.29) is 12.4 Å². The fourth-order valence-corrected chi connectivity index (χ4v) is 2.48. The lowest BCUT2D eigenvalue weighted by molar-refractivity contribution is -0.117. The highest BCUT2D eigenvalue weighted by atomic mass is 79.9. The molecule has 0 saturated heterocycles. The molecular weight excluding hydrogens is 412 g/mol. The van der Waals surface area contributed by atoms with Crippen molar-refractivity contribution in [1.82, 2.24) is 5.01 Å². The van der Waals surface area contributed by atoms with Gasteiger partial charge in [-0.15, -0.1) is 0 Å². The summed E-state index contributed by atoms with van der Waals surface area (Å²) in [6, 6.07) is 10.3. The first-order valence-electron chi connectivity index (χ1n) is 7.06. The van der Waals surface area contributed by atoms with Gasteiger partial charge in [0.05, 0.1) is 10.2 Å². The van der Waals surface area contributed by atoms with Crippen LogP contribution < -0.4 is 21.4 Å². The first kappa shape index (κ1) is 21.0. The number of rotatable bonds is 5. The van der Waals surface area contributed by atoms with Crippen molar-refractivity contribution >= 4 is 39.6 Å². The van der Waals surface area contributed by atoms with Crippen molar-refractivity contribution in [1.29, 1.82) is 0 Å². The molecular formula is C16H20BrClN4O3. The van der Waals surface area contributed by atoms with E-state index >= 15 is 0 Å². The lowest BCUT2D eigenvalue weighted by Gasteiger charge is -2.18. The van der Waals surface area contributed by atoms with E-state index in [2.05, 4.69) is 15.9 Å². The van der Waals surface area contributed by atoms with Gasteiger partial charge in [-0.2, -0.15) is 0 Å². The highest BCUT2D eigenvalue weighted by Gasteiger charge is 2.11. The molecule has 136 valence electrons. The maximum atomic E-state index is 9.35. The molecule has 0 aliphatic carbocycles. The van der Waals surface area contributed by atoms with E-state index in [1.54, 1.807) is 31.3 Å². The van der Waals surface area contributed by atoms with Gasteiger partial charge in [0.15, 0.2) is 0 Å². The number of halogens is 2. The number of hydrazine groups is 2. The molecule has 0 fully saturated rings. The van der Waals surface area contributed by atoms with E-state index in [0.717, 1.165) is 16.3 Å². The van der Waals surface area contributed by atoms with Crippen LogP contribution in [0.4, 0.5) is 5.69 Å². The fourth-order valence-electron chi connectivity index (χ4n) is 1.78. The summed E-state index contributed by atoms with van der Waals surface area (Å²) in [6.07, 6.45) is 0.528. The van der Waals surface area contributed by atoms with Crippen molar-refractivity contribution in [3.05, 3.63) is 51.5 Å². The number of phenolic OH excluding ortho intramolecular Hbond substituents is 1. The molecule has 0 spiro atoms. The number of amides is 1. The molecule has 2 aromatic rings. The summed E-state index contributed by atoms with van der Waals surface area (Å²) >= 11 is 9.52. The van der Waals surface area contributed by atoms with E-state index in [4.69, 9.17) is 28.0 Å². The summed E-state index contributed by atoms with van der Waals surface area (Å²) < 4.78 is 6.40. The van der Waals surface area contributed by atoms with Crippen LogP contribution >= 0.6 is 27.5 Å². The molecule has 0 saturated carbocycles. The van der Waals surface area contributed by atoms with E-state index < -0.39 is 0 Å². The third kappa shape index (κ3) is 6.79. The number of aromatic hydroxyl groups is 1. The zero-order valence-corrected chi connectivity index (χ0v) is 16.2. The molecule has 2 aromatic carbocycles. The van der Waals surface area contributed by atoms with Crippen LogP contribution in [0.2, 0.25) is 5.02 Å². The molecule has 5 N–H and O–H groups in total. The molecule has 0 heterocycles. The summed E-state index contributed by atoms with van der Waals surface area (Å²) in [5.74, 6) is 11.3. The number of ether oxygens (including phenoxy) is 1. The Balaban J connectivity index is 0.000000550. The van der Waals surface area contributed by atoms with E-state index in [0.29, 0.717) is 21.7 Å². The highest BCUT2D eigenvalue weighted by molar-refractivity contribution is 9.10. The zero-order valence-electron chi connectivity index (χ0n) is 13.8. The van der Waals surface area contributed by atoms with E-state index in [9.17, 15) is 9.90 Å². The van der Waals surface area contributed by atoms with Crippen molar-refractivity contribution < 1.29 is 14.6 Å². The molecule has 0 unspecified atom stereocenters. The molecule has 0 aliphatic heterocycles. The summed E-state index contributed by atoms with van der Waals surface area (Å²) in [4.78, 5) is 9.31. The number of carbonyl (C=O) groups is 1.